The zero-order valence-electron chi connectivity index (χ0n) is 28.4. The number of hydrogen-bond acceptors (Lipinski definition) is 4. The molecule has 1 amide bonds. The van der Waals surface area contributed by atoms with Crippen LogP contribution in [0.25, 0.3) is 22.3 Å². The normalized spacial score (nSPS) is 11.6. The number of amides is 1. The molecule has 0 aliphatic heterocycles. The summed E-state index contributed by atoms with van der Waals surface area (Å²) in [5.41, 5.74) is 9.35. The Balaban J connectivity index is 1.30. The molecule has 0 aliphatic carbocycles. The van der Waals surface area contributed by atoms with Crippen molar-refractivity contribution in [2.75, 3.05) is 17.2 Å². The summed E-state index contributed by atoms with van der Waals surface area (Å²) in [6.07, 6.45) is 2.01. The van der Waals surface area contributed by atoms with Crippen LogP contribution in [-0.2, 0) is 15.6 Å². The second-order valence-corrected chi connectivity index (χ2v) is 13.9. The fourth-order valence-corrected chi connectivity index (χ4v) is 5.85. The van der Waals surface area contributed by atoms with Crippen LogP contribution < -0.4 is 15.4 Å². The van der Waals surface area contributed by atoms with E-state index in [0.717, 1.165) is 62.7 Å². The summed E-state index contributed by atoms with van der Waals surface area (Å²) < 4.78 is 6.14. The van der Waals surface area contributed by atoms with Crippen LogP contribution >= 0.6 is 12.6 Å². The summed E-state index contributed by atoms with van der Waals surface area (Å²) in [7, 11) is 0. The predicted molar refractivity (Wildman–Crippen MR) is 201 cm³/mol. The summed E-state index contributed by atoms with van der Waals surface area (Å²) in [5, 5.41) is 6.56. The highest BCUT2D eigenvalue weighted by Crippen LogP contribution is 2.40. The smallest absolute Gasteiger partial charge is 0.262 e. The first kappa shape index (κ1) is 33.9. The van der Waals surface area contributed by atoms with Crippen molar-refractivity contribution in [3.8, 4) is 28.0 Å². The predicted octanol–water partition coefficient (Wildman–Crippen LogP) is 11.4. The summed E-state index contributed by atoms with van der Waals surface area (Å²) in [5.74, 6) is 0.560. The first-order valence-electron chi connectivity index (χ1n) is 16.4. The first-order chi connectivity index (χ1) is 22.5. The van der Waals surface area contributed by atoms with Crippen LogP contribution in [0.1, 0.15) is 65.5 Å². The topological polar surface area (TPSA) is 50.4 Å². The molecule has 5 aromatic rings. The molecule has 0 heterocycles. The van der Waals surface area contributed by atoms with Gasteiger partial charge >= 0.3 is 0 Å². The van der Waals surface area contributed by atoms with Gasteiger partial charge in [0.25, 0.3) is 5.91 Å². The zero-order valence-corrected chi connectivity index (χ0v) is 29.2. The van der Waals surface area contributed by atoms with E-state index in [1.165, 1.54) is 5.56 Å². The van der Waals surface area contributed by atoms with Crippen LogP contribution in [-0.4, -0.2) is 12.5 Å². The molecule has 242 valence electrons. The van der Waals surface area contributed by atoms with Crippen molar-refractivity contribution in [1.82, 2.24) is 0 Å². The maximum absolute atomic E-state index is 13.0. The van der Waals surface area contributed by atoms with Gasteiger partial charge in [0.15, 0.2) is 6.61 Å². The number of carbonyl (C=O) groups excluding carboxylic acids is 1. The van der Waals surface area contributed by atoms with Gasteiger partial charge in [-0.3, -0.25) is 4.79 Å². The second kappa shape index (κ2) is 14.5. The lowest BCUT2D eigenvalue weighted by atomic mass is 9.76. The van der Waals surface area contributed by atoms with Crippen molar-refractivity contribution >= 4 is 35.6 Å². The van der Waals surface area contributed by atoms with Crippen molar-refractivity contribution in [1.29, 1.82) is 0 Å². The van der Waals surface area contributed by atoms with Gasteiger partial charge in [-0.05, 0) is 88.4 Å². The van der Waals surface area contributed by atoms with Gasteiger partial charge in [0.1, 0.15) is 5.75 Å². The molecule has 2 N–H and O–H groups in total. The summed E-state index contributed by atoms with van der Waals surface area (Å²) in [4.78, 5) is 13.9. The van der Waals surface area contributed by atoms with Gasteiger partial charge in [0.2, 0.25) is 0 Å². The lowest BCUT2D eigenvalue weighted by molar-refractivity contribution is -0.118. The lowest BCUT2D eigenvalue weighted by Gasteiger charge is -2.30. The minimum Gasteiger partial charge on any atom is -0.483 e. The quantitative estimate of drug-likeness (QED) is 0.119. The average Bonchev–Trinajstić information content (AvgIpc) is 3.09. The maximum atomic E-state index is 13.0. The second-order valence-electron chi connectivity index (χ2n) is 13.4. The highest BCUT2D eigenvalue weighted by atomic mass is 32.1. The largest absolute Gasteiger partial charge is 0.483 e. The number of nitrogens with one attached hydrogen (secondary N) is 2. The van der Waals surface area contributed by atoms with E-state index >= 15 is 0 Å². The van der Waals surface area contributed by atoms with Gasteiger partial charge in [0, 0.05) is 33.1 Å². The Bertz CT molecular complexity index is 1810. The number of benzene rings is 5. The molecule has 0 unspecified atom stereocenters. The molecule has 0 saturated heterocycles. The molecule has 5 rings (SSSR count). The number of ether oxygens (including phenoxy) is 1. The molecule has 0 spiro atoms. The third-order valence-electron chi connectivity index (χ3n) is 9.37. The van der Waals surface area contributed by atoms with E-state index in [2.05, 4.69) is 101 Å². The Morgan fingerprint density at radius 3 is 1.85 bits per heavy atom. The summed E-state index contributed by atoms with van der Waals surface area (Å²) in [6.45, 7) is 13.3. The molecule has 0 bridgehead atoms. The van der Waals surface area contributed by atoms with Crippen LogP contribution in [0, 0.1) is 0 Å². The summed E-state index contributed by atoms with van der Waals surface area (Å²) >= 11 is 4.86. The van der Waals surface area contributed by atoms with Gasteiger partial charge in [-0.15, -0.1) is 12.6 Å². The Morgan fingerprint density at radius 1 is 0.681 bits per heavy atom. The van der Waals surface area contributed by atoms with E-state index in [9.17, 15) is 4.79 Å². The van der Waals surface area contributed by atoms with Gasteiger partial charge < -0.3 is 15.4 Å². The minimum absolute atomic E-state index is 0.0672. The number of hydrogen-bond donors (Lipinski definition) is 3. The molecule has 0 aromatic heterocycles. The molecular formula is C42H46N2O2S. The van der Waals surface area contributed by atoms with Crippen LogP contribution in [0.2, 0.25) is 0 Å². The molecule has 0 aliphatic rings. The Hall–Kier alpha value is -4.48. The fourth-order valence-electron chi connectivity index (χ4n) is 5.53. The first-order valence-corrected chi connectivity index (χ1v) is 16.9. The molecule has 4 nitrogen and oxygen atoms in total. The fraction of sp³-hybridized carbons (Fsp3) is 0.262. The molecule has 0 fully saturated rings. The van der Waals surface area contributed by atoms with Gasteiger partial charge in [-0.1, -0.05) is 114 Å². The maximum Gasteiger partial charge on any atom is 0.262 e. The summed E-state index contributed by atoms with van der Waals surface area (Å²) in [6, 6.07) is 39.1. The standard InChI is InChI=1S/C42H46N2O2S/c1-7-41(3,4)31-19-24-38(36(25-31)42(5,6)8-2)46-28-40(45)44-33-22-20-32(21-23-33)43-37-27-39(47)35(30-17-13-10-14-18-30)26-34(37)29-15-11-9-12-16-29/h9-27,43,47H,7-8,28H2,1-6H3,(H,44,45). The Morgan fingerprint density at radius 2 is 1.26 bits per heavy atom. The molecule has 0 saturated carbocycles. The Labute approximate surface area is 286 Å². The molecule has 0 atom stereocenters. The number of carbonyl (C=O) groups is 1. The van der Waals surface area contributed by atoms with Crippen LogP contribution in [0.15, 0.2) is 120 Å². The van der Waals surface area contributed by atoms with Gasteiger partial charge in [0.05, 0.1) is 0 Å². The molecule has 5 heteroatoms. The van der Waals surface area contributed by atoms with Crippen LogP contribution in [0.3, 0.4) is 0 Å². The molecule has 0 radical (unpaired) electrons. The van der Waals surface area contributed by atoms with E-state index in [1.54, 1.807) is 0 Å². The van der Waals surface area contributed by atoms with Crippen molar-refractivity contribution < 1.29 is 9.53 Å². The zero-order chi connectivity index (χ0) is 33.6. The lowest BCUT2D eigenvalue weighted by Crippen LogP contribution is -2.24. The highest BCUT2D eigenvalue weighted by molar-refractivity contribution is 7.80. The third-order valence-corrected chi connectivity index (χ3v) is 9.74. The van der Waals surface area contributed by atoms with Crippen LogP contribution in [0.4, 0.5) is 17.1 Å². The molecule has 47 heavy (non-hydrogen) atoms. The van der Waals surface area contributed by atoms with E-state index in [0.29, 0.717) is 5.69 Å². The van der Waals surface area contributed by atoms with Crippen molar-refractivity contribution in [2.24, 2.45) is 0 Å². The van der Waals surface area contributed by atoms with E-state index in [4.69, 9.17) is 17.4 Å². The third kappa shape index (κ3) is 8.09. The molecule has 5 aromatic carbocycles. The highest BCUT2D eigenvalue weighted by Gasteiger charge is 2.27. The van der Waals surface area contributed by atoms with E-state index in [1.807, 2.05) is 66.7 Å². The minimum atomic E-state index is -0.202. The van der Waals surface area contributed by atoms with E-state index in [-0.39, 0.29) is 23.3 Å². The van der Waals surface area contributed by atoms with Gasteiger partial charge in [-0.2, -0.15) is 0 Å². The van der Waals surface area contributed by atoms with Crippen molar-refractivity contribution in [3.05, 3.63) is 126 Å². The number of thiol groups is 1. The van der Waals surface area contributed by atoms with E-state index < -0.39 is 0 Å². The SMILES string of the molecule is CCC(C)(C)c1ccc(OCC(=O)Nc2ccc(Nc3cc(S)c(-c4ccccc4)cc3-c3ccccc3)cc2)c(C(C)(C)CC)c1. The van der Waals surface area contributed by atoms with Crippen molar-refractivity contribution in [3.63, 3.8) is 0 Å². The Kier molecular flexibility index (Phi) is 10.5. The molecular weight excluding hydrogens is 597 g/mol. The van der Waals surface area contributed by atoms with Crippen molar-refractivity contribution in [2.45, 2.75) is 70.1 Å². The monoisotopic (exact) mass is 642 g/mol. The number of anilines is 3. The van der Waals surface area contributed by atoms with Crippen LogP contribution in [0.5, 0.6) is 5.75 Å². The van der Waals surface area contributed by atoms with Gasteiger partial charge in [-0.25, -0.2) is 0 Å². The number of rotatable bonds is 12. The average molecular weight is 643 g/mol.